The van der Waals surface area contributed by atoms with Gasteiger partial charge in [-0.25, -0.2) is 4.98 Å². The molecule has 1 aliphatic heterocycles. The Morgan fingerprint density at radius 3 is 3.09 bits per heavy atom. The molecule has 0 amide bonds. The minimum absolute atomic E-state index is 0.704. The molecular formula is C16H23N5S. The molecule has 0 aromatic carbocycles. The summed E-state index contributed by atoms with van der Waals surface area (Å²) in [4.78, 5) is 13.6. The summed E-state index contributed by atoms with van der Waals surface area (Å²) >= 11 is 1.54. The number of pyridine rings is 1. The van der Waals surface area contributed by atoms with Gasteiger partial charge in [-0.15, -0.1) is 0 Å². The lowest BCUT2D eigenvalue weighted by Crippen LogP contribution is -2.28. The molecule has 3 heterocycles. The van der Waals surface area contributed by atoms with Gasteiger partial charge in [0.05, 0.1) is 0 Å². The average Bonchev–Trinajstić information content (AvgIpc) is 3.16. The normalized spacial score (nSPS) is 18.3. The van der Waals surface area contributed by atoms with E-state index in [-0.39, 0.29) is 0 Å². The number of rotatable bonds is 6. The van der Waals surface area contributed by atoms with Gasteiger partial charge in [-0.3, -0.25) is 4.98 Å². The van der Waals surface area contributed by atoms with Crippen molar-refractivity contribution < 1.29 is 0 Å². The summed E-state index contributed by atoms with van der Waals surface area (Å²) in [7, 11) is 2.19. The molecule has 3 rings (SSSR count). The highest BCUT2D eigenvalue weighted by Gasteiger charge is 2.25. The maximum Gasteiger partial charge on any atom is 0.205 e. The Morgan fingerprint density at radius 1 is 1.45 bits per heavy atom. The Hall–Kier alpha value is -1.53. The van der Waals surface area contributed by atoms with E-state index in [0.29, 0.717) is 5.92 Å². The van der Waals surface area contributed by atoms with Gasteiger partial charge in [0.2, 0.25) is 5.13 Å². The molecule has 6 heteroatoms. The number of anilines is 1. The van der Waals surface area contributed by atoms with Crippen molar-refractivity contribution in [1.29, 1.82) is 0 Å². The number of hydrogen-bond acceptors (Lipinski definition) is 6. The lowest BCUT2D eigenvalue weighted by Gasteiger charge is -2.21. The topological polar surface area (TPSA) is 45.2 Å². The number of aryl methyl sites for hydroxylation is 1. The maximum absolute atomic E-state index is 4.60. The first kappa shape index (κ1) is 15.4. The third-order valence-corrected chi connectivity index (χ3v) is 4.89. The molecule has 2 aromatic rings. The molecule has 0 spiro atoms. The van der Waals surface area contributed by atoms with E-state index >= 15 is 0 Å². The molecule has 1 atom stereocenters. The van der Waals surface area contributed by atoms with Crippen LogP contribution in [0.3, 0.4) is 0 Å². The minimum atomic E-state index is 0.704. The molecule has 0 radical (unpaired) electrons. The Bertz CT molecular complexity index is 585. The van der Waals surface area contributed by atoms with Crippen LogP contribution in [0.4, 0.5) is 5.13 Å². The minimum Gasteiger partial charge on any atom is -0.347 e. The lowest BCUT2D eigenvalue weighted by molar-refractivity contribution is 0.279. The van der Waals surface area contributed by atoms with Crippen LogP contribution in [0.25, 0.3) is 0 Å². The fourth-order valence-electron chi connectivity index (χ4n) is 2.98. The van der Waals surface area contributed by atoms with Gasteiger partial charge in [0, 0.05) is 56.5 Å². The van der Waals surface area contributed by atoms with Crippen molar-refractivity contribution >= 4 is 16.7 Å². The molecule has 0 bridgehead atoms. The molecular weight excluding hydrogens is 294 g/mol. The molecule has 22 heavy (non-hydrogen) atoms. The lowest BCUT2D eigenvalue weighted by atomic mass is 10.1. The fourth-order valence-corrected chi connectivity index (χ4v) is 3.77. The Morgan fingerprint density at radius 2 is 2.36 bits per heavy atom. The van der Waals surface area contributed by atoms with Crippen molar-refractivity contribution in [3.63, 3.8) is 0 Å². The molecule has 1 fully saturated rings. The van der Waals surface area contributed by atoms with E-state index in [1.807, 2.05) is 18.5 Å². The monoisotopic (exact) mass is 317 g/mol. The fraction of sp³-hybridized carbons (Fsp3) is 0.562. The summed E-state index contributed by atoms with van der Waals surface area (Å²) < 4.78 is 4.39. The highest BCUT2D eigenvalue weighted by atomic mass is 32.1. The van der Waals surface area contributed by atoms with Gasteiger partial charge < -0.3 is 9.80 Å². The Labute approximate surface area is 136 Å². The van der Waals surface area contributed by atoms with Gasteiger partial charge in [0.1, 0.15) is 5.82 Å². The van der Waals surface area contributed by atoms with Gasteiger partial charge in [-0.1, -0.05) is 13.0 Å². The standard InChI is InChI=1S/C16H23N5S/c1-3-15-18-16(22-19-15)21-8-6-14(12-21)11-20(2)10-13-5-4-7-17-9-13/h4-5,7,9,14H,3,6,8,10-12H2,1-2H3/t14-/m1/s1. The van der Waals surface area contributed by atoms with Gasteiger partial charge in [0.15, 0.2) is 0 Å². The Balaban J connectivity index is 1.50. The Kier molecular flexibility index (Phi) is 5.00. The molecule has 0 unspecified atom stereocenters. The zero-order valence-electron chi connectivity index (χ0n) is 13.3. The molecule has 1 saturated heterocycles. The van der Waals surface area contributed by atoms with Crippen molar-refractivity contribution in [3.8, 4) is 0 Å². The molecule has 1 aliphatic rings. The van der Waals surface area contributed by atoms with Crippen LogP contribution in [0.15, 0.2) is 24.5 Å². The number of nitrogens with zero attached hydrogens (tertiary/aromatic N) is 5. The highest BCUT2D eigenvalue weighted by molar-refractivity contribution is 7.09. The van der Waals surface area contributed by atoms with E-state index in [1.165, 1.54) is 23.5 Å². The molecule has 2 aromatic heterocycles. The van der Waals surface area contributed by atoms with E-state index in [9.17, 15) is 0 Å². The summed E-state index contributed by atoms with van der Waals surface area (Å²) in [6.45, 7) is 6.37. The van der Waals surface area contributed by atoms with E-state index < -0.39 is 0 Å². The summed E-state index contributed by atoms with van der Waals surface area (Å²) in [6.07, 6.45) is 5.93. The zero-order chi connectivity index (χ0) is 15.4. The second kappa shape index (κ2) is 7.15. The third kappa shape index (κ3) is 3.81. The van der Waals surface area contributed by atoms with Crippen LogP contribution in [-0.2, 0) is 13.0 Å². The van der Waals surface area contributed by atoms with Crippen LogP contribution >= 0.6 is 11.5 Å². The first-order valence-electron chi connectivity index (χ1n) is 7.89. The van der Waals surface area contributed by atoms with Crippen molar-refractivity contribution in [2.45, 2.75) is 26.3 Å². The van der Waals surface area contributed by atoms with Gasteiger partial charge in [-0.05, 0) is 31.0 Å². The second-order valence-electron chi connectivity index (χ2n) is 6.01. The molecule has 0 saturated carbocycles. The van der Waals surface area contributed by atoms with E-state index in [4.69, 9.17) is 0 Å². The van der Waals surface area contributed by atoms with Crippen LogP contribution in [0.5, 0.6) is 0 Å². The summed E-state index contributed by atoms with van der Waals surface area (Å²) in [5.41, 5.74) is 1.27. The third-order valence-electron chi connectivity index (χ3n) is 4.08. The van der Waals surface area contributed by atoms with Gasteiger partial charge >= 0.3 is 0 Å². The van der Waals surface area contributed by atoms with Crippen molar-refractivity contribution in [2.24, 2.45) is 5.92 Å². The van der Waals surface area contributed by atoms with Crippen molar-refractivity contribution in [2.75, 3.05) is 31.6 Å². The van der Waals surface area contributed by atoms with Crippen molar-refractivity contribution in [1.82, 2.24) is 19.2 Å². The highest BCUT2D eigenvalue weighted by Crippen LogP contribution is 2.26. The molecule has 118 valence electrons. The summed E-state index contributed by atoms with van der Waals surface area (Å²) in [5, 5.41) is 1.09. The zero-order valence-corrected chi connectivity index (χ0v) is 14.1. The quantitative estimate of drug-likeness (QED) is 0.819. The van der Waals surface area contributed by atoms with Crippen LogP contribution in [0.1, 0.15) is 24.7 Å². The second-order valence-corrected chi connectivity index (χ2v) is 6.74. The number of hydrogen-bond donors (Lipinski definition) is 0. The maximum atomic E-state index is 4.60. The van der Waals surface area contributed by atoms with E-state index in [2.05, 4.69) is 44.2 Å². The molecule has 0 aliphatic carbocycles. The van der Waals surface area contributed by atoms with E-state index in [1.54, 1.807) is 0 Å². The molecule has 0 N–H and O–H groups in total. The largest absolute Gasteiger partial charge is 0.347 e. The SMILES string of the molecule is CCc1nsc(N2CC[C@H](CN(C)Cc3cccnc3)C2)n1. The van der Waals surface area contributed by atoms with Gasteiger partial charge in [0.25, 0.3) is 0 Å². The smallest absolute Gasteiger partial charge is 0.205 e. The van der Waals surface area contributed by atoms with Crippen molar-refractivity contribution in [3.05, 3.63) is 35.9 Å². The predicted molar refractivity (Wildman–Crippen MR) is 90.2 cm³/mol. The summed E-state index contributed by atoms with van der Waals surface area (Å²) in [5.74, 6) is 1.67. The van der Waals surface area contributed by atoms with Crippen LogP contribution in [-0.4, -0.2) is 45.9 Å². The first-order valence-corrected chi connectivity index (χ1v) is 8.67. The summed E-state index contributed by atoms with van der Waals surface area (Å²) in [6, 6.07) is 4.14. The average molecular weight is 317 g/mol. The number of aromatic nitrogens is 3. The van der Waals surface area contributed by atoms with Gasteiger partial charge in [-0.2, -0.15) is 4.37 Å². The van der Waals surface area contributed by atoms with E-state index in [0.717, 1.165) is 43.6 Å². The van der Waals surface area contributed by atoms with Crippen LogP contribution < -0.4 is 4.90 Å². The van der Waals surface area contributed by atoms with Crippen LogP contribution in [0, 0.1) is 5.92 Å². The molecule has 5 nitrogen and oxygen atoms in total. The first-order chi connectivity index (χ1) is 10.7. The predicted octanol–water partition coefficient (Wildman–Crippen LogP) is 2.45. The van der Waals surface area contributed by atoms with Crippen LogP contribution in [0.2, 0.25) is 0 Å².